The molecule has 2 aromatic carbocycles. The summed E-state index contributed by atoms with van der Waals surface area (Å²) < 4.78 is 0. The number of carbonyl (C=O) groups is 3. The lowest BCUT2D eigenvalue weighted by atomic mass is 10.1. The summed E-state index contributed by atoms with van der Waals surface area (Å²) in [5.74, 6) is -1.03. The van der Waals surface area contributed by atoms with Gasteiger partial charge in [-0.2, -0.15) is 0 Å². The molecule has 0 aromatic heterocycles. The van der Waals surface area contributed by atoms with Crippen molar-refractivity contribution in [1.82, 2.24) is 10.6 Å². The Morgan fingerprint density at radius 1 is 1.00 bits per heavy atom. The van der Waals surface area contributed by atoms with Crippen LogP contribution >= 0.6 is 0 Å². The zero-order chi connectivity index (χ0) is 17.6. The highest BCUT2D eigenvalue weighted by Crippen LogP contribution is 2.18. The van der Waals surface area contributed by atoms with Crippen molar-refractivity contribution < 1.29 is 14.4 Å². The zero-order valence-corrected chi connectivity index (χ0v) is 13.6. The van der Waals surface area contributed by atoms with Crippen LogP contribution < -0.4 is 16.0 Å². The predicted octanol–water partition coefficient (Wildman–Crippen LogP) is 1.49. The van der Waals surface area contributed by atoms with E-state index in [2.05, 4.69) is 16.0 Å². The maximum Gasteiger partial charge on any atom is 0.254 e. The Morgan fingerprint density at radius 3 is 2.52 bits per heavy atom. The van der Waals surface area contributed by atoms with Crippen molar-refractivity contribution in [2.75, 3.05) is 11.9 Å². The van der Waals surface area contributed by atoms with Gasteiger partial charge in [-0.1, -0.05) is 42.5 Å². The van der Waals surface area contributed by atoms with Crippen molar-refractivity contribution in [1.29, 1.82) is 0 Å². The number of hydrogen-bond donors (Lipinski definition) is 3. The number of para-hydroxylation sites is 1. The molecule has 0 aliphatic carbocycles. The summed E-state index contributed by atoms with van der Waals surface area (Å²) in [6, 6.07) is 15.7. The van der Waals surface area contributed by atoms with Crippen LogP contribution in [0.15, 0.2) is 54.6 Å². The summed E-state index contributed by atoms with van der Waals surface area (Å²) >= 11 is 0. The van der Waals surface area contributed by atoms with Crippen LogP contribution in [0.5, 0.6) is 0 Å². The summed E-state index contributed by atoms with van der Waals surface area (Å²) in [6.07, 6.45) is 0.613. The van der Waals surface area contributed by atoms with E-state index in [4.69, 9.17) is 0 Å². The fourth-order valence-electron chi connectivity index (χ4n) is 2.70. The largest absolute Gasteiger partial charge is 0.356 e. The molecule has 128 valence electrons. The van der Waals surface area contributed by atoms with Gasteiger partial charge in [-0.25, -0.2) is 0 Å². The van der Waals surface area contributed by atoms with Crippen molar-refractivity contribution >= 4 is 23.4 Å². The Bertz CT molecular complexity index is 790. The van der Waals surface area contributed by atoms with E-state index in [1.807, 2.05) is 30.3 Å². The van der Waals surface area contributed by atoms with Crippen molar-refractivity contribution in [3.05, 3.63) is 65.7 Å². The molecule has 2 aromatic rings. The molecule has 0 saturated heterocycles. The third kappa shape index (κ3) is 4.23. The van der Waals surface area contributed by atoms with Gasteiger partial charge in [0.15, 0.2) is 0 Å². The number of anilines is 1. The van der Waals surface area contributed by atoms with Gasteiger partial charge in [0.25, 0.3) is 5.91 Å². The molecule has 0 radical (unpaired) electrons. The van der Waals surface area contributed by atoms with Crippen LogP contribution in [-0.4, -0.2) is 30.3 Å². The SMILES string of the molecule is O=C(C[C@@H]1NC(=O)c2ccccc2NC1=O)NCCc1ccccc1. The molecule has 3 amide bonds. The number of amides is 3. The highest BCUT2D eigenvalue weighted by Gasteiger charge is 2.29. The van der Waals surface area contributed by atoms with Crippen molar-refractivity contribution in [3.63, 3.8) is 0 Å². The molecular weight excluding hydrogens is 318 g/mol. The zero-order valence-electron chi connectivity index (χ0n) is 13.6. The van der Waals surface area contributed by atoms with E-state index in [9.17, 15) is 14.4 Å². The average molecular weight is 337 g/mol. The third-order valence-corrected chi connectivity index (χ3v) is 4.02. The Balaban J connectivity index is 1.55. The molecule has 0 spiro atoms. The fourth-order valence-corrected chi connectivity index (χ4v) is 2.70. The molecule has 0 saturated carbocycles. The maximum atomic E-state index is 12.2. The summed E-state index contributed by atoms with van der Waals surface area (Å²) in [5.41, 5.74) is 1.97. The first-order valence-corrected chi connectivity index (χ1v) is 8.15. The normalized spacial score (nSPS) is 16.2. The lowest BCUT2D eigenvalue weighted by Crippen LogP contribution is -2.44. The predicted molar refractivity (Wildman–Crippen MR) is 94.1 cm³/mol. The smallest absolute Gasteiger partial charge is 0.254 e. The van der Waals surface area contributed by atoms with E-state index < -0.39 is 11.9 Å². The molecule has 25 heavy (non-hydrogen) atoms. The molecule has 1 aliphatic rings. The second-order valence-electron chi connectivity index (χ2n) is 5.85. The van der Waals surface area contributed by atoms with Gasteiger partial charge >= 0.3 is 0 Å². The number of fused-ring (bicyclic) bond motifs is 1. The molecular formula is C19H19N3O3. The highest BCUT2D eigenvalue weighted by molar-refractivity contribution is 6.10. The van der Waals surface area contributed by atoms with Gasteiger partial charge in [0.1, 0.15) is 6.04 Å². The molecule has 0 bridgehead atoms. The minimum absolute atomic E-state index is 0.0969. The summed E-state index contributed by atoms with van der Waals surface area (Å²) in [7, 11) is 0. The molecule has 0 unspecified atom stereocenters. The first-order chi connectivity index (χ1) is 12.1. The van der Waals surface area contributed by atoms with E-state index >= 15 is 0 Å². The average Bonchev–Trinajstić information content (AvgIpc) is 2.73. The standard InChI is InChI=1S/C19H19N3O3/c23-17(20-11-10-13-6-2-1-3-7-13)12-16-19(25)21-15-9-5-4-8-14(15)18(24)22-16/h1-9,16H,10-12H2,(H,20,23)(H,21,25)(H,22,24)/t16-/m0/s1. The van der Waals surface area contributed by atoms with Crippen LogP contribution in [0, 0.1) is 0 Å². The van der Waals surface area contributed by atoms with Crippen LogP contribution in [0.25, 0.3) is 0 Å². The van der Waals surface area contributed by atoms with Crippen LogP contribution in [0.2, 0.25) is 0 Å². The second-order valence-corrected chi connectivity index (χ2v) is 5.85. The first-order valence-electron chi connectivity index (χ1n) is 8.15. The third-order valence-electron chi connectivity index (χ3n) is 4.02. The second kappa shape index (κ2) is 7.61. The highest BCUT2D eigenvalue weighted by atomic mass is 16.2. The number of nitrogens with one attached hydrogen (secondary N) is 3. The van der Waals surface area contributed by atoms with Crippen LogP contribution in [-0.2, 0) is 16.0 Å². The van der Waals surface area contributed by atoms with Crippen molar-refractivity contribution in [2.45, 2.75) is 18.9 Å². The van der Waals surface area contributed by atoms with Crippen molar-refractivity contribution in [3.8, 4) is 0 Å². The Labute approximate surface area is 145 Å². The van der Waals surface area contributed by atoms with E-state index in [0.717, 1.165) is 5.56 Å². The van der Waals surface area contributed by atoms with E-state index in [1.165, 1.54) is 0 Å². The van der Waals surface area contributed by atoms with Gasteiger partial charge in [0, 0.05) is 6.54 Å². The number of rotatable bonds is 5. The minimum atomic E-state index is -0.892. The van der Waals surface area contributed by atoms with Gasteiger partial charge in [-0.15, -0.1) is 0 Å². The number of hydrogen-bond acceptors (Lipinski definition) is 3. The molecule has 6 heteroatoms. The Morgan fingerprint density at radius 2 is 1.72 bits per heavy atom. The van der Waals surface area contributed by atoms with Gasteiger partial charge in [-0.3, -0.25) is 14.4 Å². The monoisotopic (exact) mass is 337 g/mol. The lowest BCUT2D eigenvalue weighted by Gasteiger charge is -2.14. The molecule has 0 fully saturated rings. The van der Waals surface area contributed by atoms with Gasteiger partial charge in [0.05, 0.1) is 17.7 Å². The fraction of sp³-hybridized carbons (Fsp3) is 0.211. The van der Waals surface area contributed by atoms with Crippen LogP contribution in [0.3, 0.4) is 0 Å². The Kier molecular flexibility index (Phi) is 5.09. The topological polar surface area (TPSA) is 87.3 Å². The number of carbonyl (C=O) groups excluding carboxylic acids is 3. The minimum Gasteiger partial charge on any atom is -0.356 e. The van der Waals surface area contributed by atoms with Crippen LogP contribution in [0.1, 0.15) is 22.3 Å². The van der Waals surface area contributed by atoms with Gasteiger partial charge < -0.3 is 16.0 Å². The summed E-state index contributed by atoms with van der Waals surface area (Å²) in [5, 5.41) is 8.09. The van der Waals surface area contributed by atoms with E-state index in [0.29, 0.717) is 24.2 Å². The maximum absolute atomic E-state index is 12.2. The molecule has 1 aliphatic heterocycles. The molecule has 3 N–H and O–H groups in total. The molecule has 3 rings (SSSR count). The van der Waals surface area contributed by atoms with Crippen LogP contribution in [0.4, 0.5) is 5.69 Å². The summed E-state index contributed by atoms with van der Waals surface area (Å²) in [4.78, 5) is 36.6. The van der Waals surface area contributed by atoms with Gasteiger partial charge in [0.2, 0.25) is 11.8 Å². The molecule has 1 heterocycles. The Hall–Kier alpha value is -3.15. The number of benzene rings is 2. The molecule has 6 nitrogen and oxygen atoms in total. The lowest BCUT2D eigenvalue weighted by molar-refractivity contribution is -0.125. The van der Waals surface area contributed by atoms with E-state index in [1.54, 1.807) is 24.3 Å². The quantitative estimate of drug-likeness (QED) is 0.772. The summed E-state index contributed by atoms with van der Waals surface area (Å²) in [6.45, 7) is 0.478. The van der Waals surface area contributed by atoms with Crippen molar-refractivity contribution in [2.24, 2.45) is 0 Å². The first kappa shape index (κ1) is 16.7. The van der Waals surface area contributed by atoms with Gasteiger partial charge in [-0.05, 0) is 24.1 Å². The van der Waals surface area contributed by atoms with E-state index in [-0.39, 0.29) is 18.2 Å². The molecule has 1 atom stereocenters.